The van der Waals surface area contributed by atoms with Crippen LogP contribution in [-0.2, 0) is 19.7 Å². The summed E-state index contributed by atoms with van der Waals surface area (Å²) in [4.78, 5) is 26.9. The second kappa shape index (κ2) is 4.71. The predicted octanol–water partition coefficient (Wildman–Crippen LogP) is 1.49. The number of para-hydroxylation sites is 1. The Morgan fingerprint density at radius 1 is 1.39 bits per heavy atom. The van der Waals surface area contributed by atoms with Crippen LogP contribution >= 0.6 is 0 Å². The largest absolute Gasteiger partial charge is 0.445 e. The van der Waals surface area contributed by atoms with Gasteiger partial charge in [0.1, 0.15) is 22.8 Å². The summed E-state index contributed by atoms with van der Waals surface area (Å²) in [7, 11) is 1.61. The van der Waals surface area contributed by atoms with Gasteiger partial charge in [-0.05, 0) is 19.9 Å². The first kappa shape index (κ1) is 14.9. The second-order valence-electron chi connectivity index (χ2n) is 5.57. The highest BCUT2D eigenvalue weighted by Gasteiger charge is 2.60. The lowest BCUT2D eigenvalue weighted by molar-refractivity contribution is -0.123. The van der Waals surface area contributed by atoms with Gasteiger partial charge in [-0.15, -0.1) is 0 Å². The number of allylic oxidation sites excluding steroid dienone is 1. The van der Waals surface area contributed by atoms with Crippen LogP contribution in [0.15, 0.2) is 47.1 Å². The lowest BCUT2D eigenvalue weighted by atomic mass is 9.67. The first-order valence-electron chi connectivity index (χ1n) is 7.05. The number of amides is 1. The lowest BCUT2D eigenvalue weighted by Crippen LogP contribution is -2.47. The van der Waals surface area contributed by atoms with Crippen LogP contribution in [0, 0.1) is 11.3 Å². The first-order chi connectivity index (χ1) is 10.9. The van der Waals surface area contributed by atoms with Gasteiger partial charge in [-0.25, -0.2) is 0 Å². The van der Waals surface area contributed by atoms with Crippen molar-refractivity contribution in [3.05, 3.63) is 52.6 Å². The van der Waals surface area contributed by atoms with Gasteiger partial charge in [0.15, 0.2) is 5.78 Å². The summed E-state index contributed by atoms with van der Waals surface area (Å²) >= 11 is 0. The molecule has 23 heavy (non-hydrogen) atoms. The van der Waals surface area contributed by atoms with Crippen molar-refractivity contribution in [1.29, 1.82) is 5.26 Å². The van der Waals surface area contributed by atoms with Crippen LogP contribution < -0.4 is 10.6 Å². The molecule has 1 aromatic carbocycles. The maximum Gasteiger partial charge on any atom is 0.247 e. The van der Waals surface area contributed by atoms with Gasteiger partial charge in [-0.2, -0.15) is 5.26 Å². The van der Waals surface area contributed by atoms with Gasteiger partial charge in [0.25, 0.3) is 0 Å². The van der Waals surface area contributed by atoms with Crippen molar-refractivity contribution >= 4 is 17.4 Å². The van der Waals surface area contributed by atoms with Crippen LogP contribution in [0.1, 0.15) is 19.4 Å². The quantitative estimate of drug-likeness (QED) is 0.847. The fraction of sp³-hybridized carbons (Fsp3) is 0.235. The maximum absolute atomic E-state index is 13.2. The van der Waals surface area contributed by atoms with E-state index in [0.717, 1.165) is 0 Å². The summed E-state index contributed by atoms with van der Waals surface area (Å²) in [5, 5.41) is 9.63. The van der Waals surface area contributed by atoms with Crippen molar-refractivity contribution in [2.45, 2.75) is 19.3 Å². The van der Waals surface area contributed by atoms with Crippen molar-refractivity contribution in [1.82, 2.24) is 0 Å². The highest BCUT2D eigenvalue weighted by atomic mass is 16.5. The van der Waals surface area contributed by atoms with Gasteiger partial charge in [-0.1, -0.05) is 18.2 Å². The van der Waals surface area contributed by atoms with Gasteiger partial charge in [-0.3, -0.25) is 9.59 Å². The standard InChI is InChI=1S/C17H15N3O3/c1-9(21)14-10(2)23-15(19)12(8-18)17(14)11-6-4-5-7-13(11)20(3)16(17)22/h4-7H,19H2,1-3H3/t17-/m0/s1. The number of nitriles is 1. The number of nitrogens with zero attached hydrogens (tertiary/aromatic N) is 2. The Balaban J connectivity index is 2.50. The zero-order chi connectivity index (χ0) is 16.9. The van der Waals surface area contributed by atoms with E-state index in [4.69, 9.17) is 10.5 Å². The molecular formula is C17H15N3O3. The third-order valence-corrected chi connectivity index (χ3v) is 4.37. The Kier molecular flexibility index (Phi) is 3.04. The highest BCUT2D eigenvalue weighted by molar-refractivity contribution is 6.19. The smallest absolute Gasteiger partial charge is 0.247 e. The summed E-state index contributed by atoms with van der Waals surface area (Å²) < 4.78 is 5.37. The van der Waals surface area contributed by atoms with Crippen LogP contribution in [0.4, 0.5) is 5.69 Å². The monoisotopic (exact) mass is 309 g/mol. The summed E-state index contributed by atoms with van der Waals surface area (Å²) in [5.74, 6) is -0.617. The molecule has 2 heterocycles. The van der Waals surface area contributed by atoms with Crippen LogP contribution in [0.2, 0.25) is 0 Å². The molecule has 2 aliphatic heterocycles. The van der Waals surface area contributed by atoms with Crippen molar-refractivity contribution in [3.63, 3.8) is 0 Å². The molecule has 0 radical (unpaired) electrons. The van der Waals surface area contributed by atoms with E-state index in [1.54, 1.807) is 38.2 Å². The van der Waals surface area contributed by atoms with E-state index in [-0.39, 0.29) is 34.5 Å². The fourth-order valence-corrected chi connectivity index (χ4v) is 3.53. The zero-order valence-electron chi connectivity index (χ0n) is 13.0. The molecule has 1 atom stereocenters. The van der Waals surface area contributed by atoms with Gasteiger partial charge >= 0.3 is 0 Å². The van der Waals surface area contributed by atoms with E-state index < -0.39 is 5.41 Å². The van der Waals surface area contributed by atoms with Gasteiger partial charge in [0, 0.05) is 18.3 Å². The fourth-order valence-electron chi connectivity index (χ4n) is 3.53. The second-order valence-corrected chi connectivity index (χ2v) is 5.57. The molecule has 0 saturated heterocycles. The number of hydrogen-bond donors (Lipinski definition) is 1. The van der Waals surface area contributed by atoms with Crippen molar-refractivity contribution in [2.24, 2.45) is 5.73 Å². The molecule has 1 aromatic rings. The van der Waals surface area contributed by atoms with E-state index >= 15 is 0 Å². The van der Waals surface area contributed by atoms with E-state index in [1.807, 2.05) is 6.07 Å². The summed E-state index contributed by atoms with van der Waals surface area (Å²) in [6, 6.07) is 9.05. The summed E-state index contributed by atoms with van der Waals surface area (Å²) in [5.41, 5.74) is 5.68. The van der Waals surface area contributed by atoms with Crippen molar-refractivity contribution in [2.75, 3.05) is 11.9 Å². The molecule has 116 valence electrons. The van der Waals surface area contributed by atoms with E-state index in [9.17, 15) is 14.9 Å². The molecule has 3 rings (SSSR count). The number of anilines is 1. The number of nitrogens with two attached hydrogens (primary N) is 1. The number of carbonyl (C=O) groups is 2. The molecule has 0 saturated carbocycles. The zero-order valence-corrected chi connectivity index (χ0v) is 13.0. The third-order valence-electron chi connectivity index (χ3n) is 4.37. The molecule has 0 aliphatic carbocycles. The Morgan fingerprint density at radius 3 is 2.65 bits per heavy atom. The molecule has 2 N–H and O–H groups in total. The number of rotatable bonds is 1. The molecule has 0 bridgehead atoms. The summed E-state index contributed by atoms with van der Waals surface area (Å²) in [6.07, 6.45) is 0. The van der Waals surface area contributed by atoms with Gasteiger partial charge in [0.2, 0.25) is 11.8 Å². The molecule has 0 fully saturated rings. The number of ketones is 1. The molecule has 1 spiro atoms. The number of benzene rings is 1. The Bertz CT molecular complexity index is 860. The minimum Gasteiger partial charge on any atom is -0.445 e. The normalized spacial score (nSPS) is 23.0. The van der Waals surface area contributed by atoms with Gasteiger partial charge < -0.3 is 15.4 Å². The topological polar surface area (TPSA) is 96.4 Å². The summed E-state index contributed by atoms with van der Waals surface area (Å²) in [6.45, 7) is 2.93. The number of likely N-dealkylation sites (N-methyl/N-ethyl adjacent to an activating group) is 1. The minimum atomic E-state index is -1.53. The predicted molar refractivity (Wildman–Crippen MR) is 82.8 cm³/mol. The Hall–Kier alpha value is -3.07. The number of carbonyl (C=O) groups excluding carboxylic acids is 2. The van der Waals surface area contributed by atoms with E-state index in [0.29, 0.717) is 11.3 Å². The van der Waals surface area contributed by atoms with Crippen LogP contribution in [0.3, 0.4) is 0 Å². The molecule has 0 aromatic heterocycles. The Labute approximate surface area is 133 Å². The molecule has 0 unspecified atom stereocenters. The minimum absolute atomic E-state index is 0.0462. The molecule has 1 amide bonds. The highest BCUT2D eigenvalue weighted by Crippen LogP contribution is 2.53. The third kappa shape index (κ3) is 1.62. The van der Waals surface area contributed by atoms with Crippen molar-refractivity contribution in [3.8, 4) is 6.07 Å². The molecule has 2 aliphatic rings. The SMILES string of the molecule is CC(=O)C1=C(C)OC(N)=C(C#N)[C@]12C(=O)N(C)c1ccccc12. The van der Waals surface area contributed by atoms with E-state index in [2.05, 4.69) is 0 Å². The number of hydrogen-bond acceptors (Lipinski definition) is 5. The Morgan fingerprint density at radius 2 is 2.04 bits per heavy atom. The van der Waals surface area contributed by atoms with Crippen LogP contribution in [0.5, 0.6) is 0 Å². The molecular weight excluding hydrogens is 294 g/mol. The number of Topliss-reactive ketones (excluding diaryl/α,β-unsaturated/α-hetero) is 1. The average Bonchev–Trinajstić information content (AvgIpc) is 2.71. The molecule has 6 nitrogen and oxygen atoms in total. The number of fused-ring (bicyclic) bond motifs is 2. The van der Waals surface area contributed by atoms with Crippen molar-refractivity contribution < 1.29 is 14.3 Å². The van der Waals surface area contributed by atoms with E-state index in [1.165, 1.54) is 11.8 Å². The lowest BCUT2D eigenvalue weighted by Gasteiger charge is -2.34. The number of ether oxygens (including phenoxy) is 1. The first-order valence-corrected chi connectivity index (χ1v) is 7.05. The maximum atomic E-state index is 13.2. The molecule has 6 heteroatoms. The average molecular weight is 309 g/mol. The van der Waals surface area contributed by atoms with Gasteiger partial charge in [0.05, 0.1) is 5.57 Å². The van der Waals surface area contributed by atoms with Crippen LogP contribution in [0.25, 0.3) is 0 Å². The van der Waals surface area contributed by atoms with Crippen LogP contribution in [-0.4, -0.2) is 18.7 Å².